The zero-order chi connectivity index (χ0) is 13.1. The van der Waals surface area contributed by atoms with E-state index in [2.05, 4.69) is 4.72 Å². The van der Waals surface area contributed by atoms with Crippen molar-refractivity contribution in [2.45, 2.75) is 51.8 Å². The summed E-state index contributed by atoms with van der Waals surface area (Å²) >= 11 is 0. The molecule has 0 saturated carbocycles. The van der Waals surface area contributed by atoms with Crippen molar-refractivity contribution in [3.05, 3.63) is 0 Å². The van der Waals surface area contributed by atoms with Crippen molar-refractivity contribution in [2.24, 2.45) is 5.92 Å². The highest BCUT2D eigenvalue weighted by Gasteiger charge is 2.32. The van der Waals surface area contributed by atoms with Gasteiger partial charge in [-0.3, -0.25) is 4.79 Å². The molecule has 0 rings (SSSR count). The molecule has 0 radical (unpaired) electrons. The van der Waals surface area contributed by atoms with E-state index in [9.17, 15) is 13.2 Å². The van der Waals surface area contributed by atoms with Crippen LogP contribution in [0, 0.1) is 5.92 Å². The molecule has 0 amide bonds. The number of hydrogen-bond acceptors (Lipinski definition) is 3. The van der Waals surface area contributed by atoms with Gasteiger partial charge in [0, 0.05) is 6.04 Å². The van der Waals surface area contributed by atoms with E-state index in [-0.39, 0.29) is 12.3 Å². The first-order valence-electron chi connectivity index (χ1n) is 5.21. The summed E-state index contributed by atoms with van der Waals surface area (Å²) in [7, 11) is -3.50. The normalized spacial score (nSPS) is 15.1. The van der Waals surface area contributed by atoms with Crippen molar-refractivity contribution >= 4 is 16.0 Å². The lowest BCUT2D eigenvalue weighted by Gasteiger charge is -2.26. The Bertz CT molecular complexity index is 340. The molecule has 0 heterocycles. The molecule has 0 fully saturated rings. The standard InChI is InChI=1S/C10H21NO4S/c1-7(2)8(6-9(12)13)11-16(14,15)10(3,4)5/h7-8,11H,6H2,1-5H3,(H,12,13). The molecule has 1 unspecified atom stereocenters. The molecular weight excluding hydrogens is 230 g/mol. The molecule has 0 spiro atoms. The van der Waals surface area contributed by atoms with Crippen LogP contribution in [0.3, 0.4) is 0 Å². The van der Waals surface area contributed by atoms with Gasteiger partial charge in [0.1, 0.15) is 0 Å². The average Bonchev–Trinajstić information content (AvgIpc) is 1.98. The predicted molar refractivity (Wildman–Crippen MR) is 62.7 cm³/mol. The van der Waals surface area contributed by atoms with Crippen LogP contribution in [0.1, 0.15) is 41.0 Å². The summed E-state index contributed by atoms with van der Waals surface area (Å²) in [6.07, 6.45) is -0.201. The van der Waals surface area contributed by atoms with E-state index < -0.39 is 26.8 Å². The average molecular weight is 251 g/mol. The minimum absolute atomic E-state index is 0.0618. The first-order valence-corrected chi connectivity index (χ1v) is 6.69. The highest BCUT2D eigenvalue weighted by Crippen LogP contribution is 2.17. The van der Waals surface area contributed by atoms with Gasteiger partial charge in [-0.05, 0) is 26.7 Å². The van der Waals surface area contributed by atoms with E-state index in [4.69, 9.17) is 5.11 Å². The van der Waals surface area contributed by atoms with E-state index in [0.29, 0.717) is 0 Å². The van der Waals surface area contributed by atoms with Crippen molar-refractivity contribution in [1.29, 1.82) is 0 Å². The second kappa shape index (κ2) is 5.14. The Kier molecular flexibility index (Phi) is 4.94. The van der Waals surface area contributed by atoms with Gasteiger partial charge >= 0.3 is 5.97 Å². The Morgan fingerprint density at radius 3 is 2.00 bits per heavy atom. The molecule has 6 heteroatoms. The van der Waals surface area contributed by atoms with Crippen LogP contribution in [0.5, 0.6) is 0 Å². The van der Waals surface area contributed by atoms with E-state index in [1.54, 1.807) is 34.6 Å². The number of carboxylic acid groups (broad SMARTS) is 1. The molecule has 0 aliphatic carbocycles. The van der Waals surface area contributed by atoms with Gasteiger partial charge in [-0.2, -0.15) is 0 Å². The first kappa shape index (κ1) is 15.4. The number of rotatable bonds is 5. The molecule has 2 N–H and O–H groups in total. The lowest BCUT2D eigenvalue weighted by Crippen LogP contribution is -2.47. The Balaban J connectivity index is 4.84. The third-order valence-electron chi connectivity index (χ3n) is 2.31. The van der Waals surface area contributed by atoms with Gasteiger partial charge in [-0.1, -0.05) is 13.8 Å². The van der Waals surface area contributed by atoms with Gasteiger partial charge in [0.05, 0.1) is 11.2 Å². The summed E-state index contributed by atoms with van der Waals surface area (Å²) < 4.78 is 25.2. The summed E-state index contributed by atoms with van der Waals surface area (Å²) in [6, 6.07) is -0.568. The molecule has 5 nitrogen and oxygen atoms in total. The molecule has 0 aromatic carbocycles. The third-order valence-corrected chi connectivity index (χ3v) is 4.54. The molecule has 16 heavy (non-hydrogen) atoms. The molecule has 0 aliphatic rings. The van der Waals surface area contributed by atoms with Crippen LogP contribution >= 0.6 is 0 Å². The van der Waals surface area contributed by atoms with Gasteiger partial charge in [-0.15, -0.1) is 0 Å². The highest BCUT2D eigenvalue weighted by molar-refractivity contribution is 7.90. The molecule has 0 bridgehead atoms. The maximum atomic E-state index is 11.8. The quantitative estimate of drug-likeness (QED) is 0.769. The van der Waals surface area contributed by atoms with Gasteiger partial charge in [-0.25, -0.2) is 13.1 Å². The van der Waals surface area contributed by atoms with E-state index in [1.165, 1.54) is 0 Å². The van der Waals surface area contributed by atoms with Crippen LogP contribution in [0.25, 0.3) is 0 Å². The minimum Gasteiger partial charge on any atom is -0.481 e. The Morgan fingerprint density at radius 1 is 1.31 bits per heavy atom. The number of aliphatic carboxylic acids is 1. The van der Waals surface area contributed by atoms with Crippen molar-refractivity contribution in [3.63, 3.8) is 0 Å². The van der Waals surface area contributed by atoms with Crippen LogP contribution in [-0.4, -0.2) is 30.3 Å². The maximum Gasteiger partial charge on any atom is 0.304 e. The fourth-order valence-electron chi connectivity index (χ4n) is 0.978. The summed E-state index contributed by atoms with van der Waals surface area (Å²) in [6.45, 7) is 8.31. The topological polar surface area (TPSA) is 83.5 Å². The summed E-state index contributed by atoms with van der Waals surface area (Å²) in [4.78, 5) is 10.6. The summed E-state index contributed by atoms with van der Waals surface area (Å²) in [5.74, 6) is -1.07. The number of nitrogens with one attached hydrogen (secondary N) is 1. The van der Waals surface area contributed by atoms with Crippen LogP contribution in [0.2, 0.25) is 0 Å². The Hall–Kier alpha value is -0.620. The lowest BCUT2D eigenvalue weighted by molar-refractivity contribution is -0.137. The molecule has 0 aromatic heterocycles. The largest absolute Gasteiger partial charge is 0.481 e. The van der Waals surface area contributed by atoms with Gasteiger partial charge in [0.15, 0.2) is 0 Å². The number of sulfonamides is 1. The van der Waals surface area contributed by atoms with Crippen LogP contribution in [-0.2, 0) is 14.8 Å². The Labute approximate surface area is 97.3 Å². The van der Waals surface area contributed by atoms with E-state index >= 15 is 0 Å². The maximum absolute atomic E-state index is 11.8. The molecule has 0 aliphatic heterocycles. The smallest absolute Gasteiger partial charge is 0.304 e. The summed E-state index contributed by atoms with van der Waals surface area (Å²) in [5, 5.41) is 8.70. The summed E-state index contributed by atoms with van der Waals surface area (Å²) in [5.41, 5.74) is 0. The second-order valence-corrected chi connectivity index (χ2v) is 7.65. The highest BCUT2D eigenvalue weighted by atomic mass is 32.2. The number of hydrogen-bond donors (Lipinski definition) is 2. The van der Waals surface area contributed by atoms with E-state index in [1.807, 2.05) is 0 Å². The monoisotopic (exact) mass is 251 g/mol. The second-order valence-electron chi connectivity index (χ2n) is 5.18. The Morgan fingerprint density at radius 2 is 1.75 bits per heavy atom. The molecule has 1 atom stereocenters. The van der Waals surface area contributed by atoms with Crippen LogP contribution in [0.15, 0.2) is 0 Å². The van der Waals surface area contributed by atoms with Crippen molar-refractivity contribution in [1.82, 2.24) is 4.72 Å². The zero-order valence-corrected chi connectivity index (χ0v) is 11.3. The molecule has 0 aromatic rings. The van der Waals surface area contributed by atoms with Crippen LogP contribution in [0.4, 0.5) is 0 Å². The lowest BCUT2D eigenvalue weighted by atomic mass is 10.0. The van der Waals surface area contributed by atoms with Gasteiger partial charge < -0.3 is 5.11 Å². The molecule has 0 saturated heterocycles. The van der Waals surface area contributed by atoms with Gasteiger partial charge in [0.2, 0.25) is 10.0 Å². The first-order chi connectivity index (χ1) is 6.97. The molecule has 96 valence electrons. The van der Waals surface area contributed by atoms with Crippen molar-refractivity contribution < 1.29 is 18.3 Å². The van der Waals surface area contributed by atoms with E-state index in [0.717, 1.165) is 0 Å². The van der Waals surface area contributed by atoms with Gasteiger partial charge in [0.25, 0.3) is 0 Å². The third kappa shape index (κ3) is 4.49. The predicted octanol–water partition coefficient (Wildman–Crippen LogP) is 1.20. The number of carboxylic acids is 1. The van der Waals surface area contributed by atoms with Crippen molar-refractivity contribution in [2.75, 3.05) is 0 Å². The minimum atomic E-state index is -3.50. The fraction of sp³-hybridized carbons (Fsp3) is 0.900. The van der Waals surface area contributed by atoms with Crippen LogP contribution < -0.4 is 4.72 Å². The fourth-order valence-corrected chi connectivity index (χ4v) is 2.09. The zero-order valence-electron chi connectivity index (χ0n) is 10.4. The SMILES string of the molecule is CC(C)C(CC(=O)O)NS(=O)(=O)C(C)(C)C. The molecular formula is C10H21NO4S. The number of carbonyl (C=O) groups is 1. The van der Waals surface area contributed by atoms with Crippen molar-refractivity contribution in [3.8, 4) is 0 Å².